The summed E-state index contributed by atoms with van der Waals surface area (Å²) in [5.74, 6) is -3.88. The van der Waals surface area contributed by atoms with Crippen molar-refractivity contribution in [3.05, 3.63) is 35.9 Å². The van der Waals surface area contributed by atoms with E-state index in [9.17, 15) is 33.9 Å². The fourth-order valence-corrected chi connectivity index (χ4v) is 5.26. The second-order valence-corrected chi connectivity index (χ2v) is 13.5. The van der Waals surface area contributed by atoms with Gasteiger partial charge in [-0.05, 0) is 42.6 Å². The van der Waals surface area contributed by atoms with Crippen molar-refractivity contribution in [3.63, 3.8) is 0 Å². The van der Waals surface area contributed by atoms with Crippen LogP contribution in [0.4, 0.5) is 0 Å². The zero-order valence-corrected chi connectivity index (χ0v) is 30.2. The third kappa shape index (κ3) is 16.8. The van der Waals surface area contributed by atoms with Gasteiger partial charge in [0.25, 0.3) is 0 Å². The van der Waals surface area contributed by atoms with E-state index in [-0.39, 0.29) is 55.8 Å². The lowest BCUT2D eigenvalue weighted by molar-refractivity contribution is -0.137. The second-order valence-electron chi connectivity index (χ2n) is 13.5. The van der Waals surface area contributed by atoms with Gasteiger partial charge in [-0.25, -0.2) is 0 Å². The molecule has 5 amide bonds. The lowest BCUT2D eigenvalue weighted by Crippen LogP contribution is -2.58. The number of benzene rings is 1. The van der Waals surface area contributed by atoms with Gasteiger partial charge in [0.2, 0.25) is 29.5 Å². The van der Waals surface area contributed by atoms with Crippen LogP contribution in [0, 0.1) is 17.8 Å². The molecule has 0 aliphatic heterocycles. The summed E-state index contributed by atoms with van der Waals surface area (Å²) in [5, 5.41) is 33.9. The van der Waals surface area contributed by atoms with Gasteiger partial charge in [-0.15, -0.1) is 0 Å². The number of hydrogen-bond donors (Lipinski definition) is 7. The lowest BCUT2D eigenvalue weighted by Gasteiger charge is -2.30. The van der Waals surface area contributed by atoms with Crippen molar-refractivity contribution in [2.75, 3.05) is 0 Å². The highest BCUT2D eigenvalue weighted by Gasteiger charge is 2.33. The Bertz CT molecular complexity index is 1210. The van der Waals surface area contributed by atoms with Gasteiger partial charge in [-0.1, -0.05) is 91.6 Å². The first-order valence-corrected chi connectivity index (χ1v) is 17.5. The Labute approximate surface area is 291 Å². The SMILES string of the molecule is CCC[C@H](NC(=O)[C@@H](NC(=O)CCCC(=O)O)[C@H](C)CC)C(=O)N[C@@H](CC(C)C)[C@@H](O)CC(=O)N[C@H](C(=O)NCc1ccccc1)C(C)C. The zero-order valence-electron chi connectivity index (χ0n) is 30.2. The van der Waals surface area contributed by atoms with Crippen molar-refractivity contribution in [3.8, 4) is 0 Å². The molecule has 0 heterocycles. The molecule has 276 valence electrons. The molecule has 0 fully saturated rings. The minimum absolute atomic E-state index is 0.0422. The Morgan fingerprint density at radius 2 is 1.39 bits per heavy atom. The second kappa shape index (κ2) is 22.6. The highest BCUT2D eigenvalue weighted by molar-refractivity contribution is 5.92. The van der Waals surface area contributed by atoms with Crippen LogP contribution in [0.15, 0.2) is 30.3 Å². The van der Waals surface area contributed by atoms with Crippen LogP contribution in [0.2, 0.25) is 0 Å². The predicted molar refractivity (Wildman–Crippen MR) is 187 cm³/mol. The van der Waals surface area contributed by atoms with Gasteiger partial charge in [0, 0.05) is 19.4 Å². The average molecular weight is 690 g/mol. The van der Waals surface area contributed by atoms with Gasteiger partial charge in [0.15, 0.2) is 0 Å². The number of nitrogens with one attached hydrogen (secondary N) is 5. The van der Waals surface area contributed by atoms with Crippen molar-refractivity contribution >= 4 is 35.5 Å². The maximum atomic E-state index is 13.6. The number of aliphatic hydroxyl groups is 1. The van der Waals surface area contributed by atoms with E-state index < -0.39 is 59.9 Å². The molecule has 7 N–H and O–H groups in total. The number of hydrogen-bond acceptors (Lipinski definition) is 7. The van der Waals surface area contributed by atoms with Gasteiger partial charge in [0.05, 0.1) is 18.6 Å². The normalized spacial score (nSPS) is 14.9. The van der Waals surface area contributed by atoms with Crippen LogP contribution in [0.5, 0.6) is 0 Å². The fourth-order valence-electron chi connectivity index (χ4n) is 5.26. The summed E-state index contributed by atoms with van der Waals surface area (Å²) in [4.78, 5) is 76.3. The van der Waals surface area contributed by atoms with Crippen LogP contribution < -0.4 is 26.6 Å². The number of carboxylic acid groups (broad SMARTS) is 1. The Morgan fingerprint density at radius 3 is 1.94 bits per heavy atom. The summed E-state index contributed by atoms with van der Waals surface area (Å²) in [6.45, 7) is 13.3. The Morgan fingerprint density at radius 1 is 0.755 bits per heavy atom. The molecule has 0 saturated carbocycles. The fraction of sp³-hybridized carbons (Fsp3) is 0.667. The van der Waals surface area contributed by atoms with Crippen LogP contribution in [0.25, 0.3) is 0 Å². The molecule has 0 aliphatic carbocycles. The first kappa shape index (κ1) is 43.0. The van der Waals surface area contributed by atoms with E-state index in [1.54, 1.807) is 6.92 Å². The van der Waals surface area contributed by atoms with Gasteiger partial charge in [-0.2, -0.15) is 0 Å². The van der Waals surface area contributed by atoms with E-state index in [1.807, 2.05) is 71.9 Å². The van der Waals surface area contributed by atoms with Crippen molar-refractivity contribution in [2.45, 2.75) is 137 Å². The summed E-state index contributed by atoms with van der Waals surface area (Å²) >= 11 is 0. The third-order valence-electron chi connectivity index (χ3n) is 8.30. The number of amides is 5. The van der Waals surface area contributed by atoms with E-state index in [4.69, 9.17) is 5.11 Å². The number of rotatable bonds is 23. The Hall–Kier alpha value is -4.00. The van der Waals surface area contributed by atoms with E-state index in [1.165, 1.54) is 0 Å². The molecule has 0 radical (unpaired) electrons. The molecule has 0 bridgehead atoms. The number of carbonyl (C=O) groups excluding carboxylic acids is 5. The van der Waals surface area contributed by atoms with Gasteiger partial charge < -0.3 is 36.8 Å². The van der Waals surface area contributed by atoms with E-state index >= 15 is 0 Å². The number of aliphatic carboxylic acids is 1. The van der Waals surface area contributed by atoms with Crippen molar-refractivity contribution in [2.24, 2.45) is 17.8 Å². The highest BCUT2D eigenvalue weighted by atomic mass is 16.4. The molecular weight excluding hydrogens is 630 g/mol. The molecule has 0 spiro atoms. The molecule has 0 saturated heterocycles. The van der Waals surface area contributed by atoms with Gasteiger partial charge >= 0.3 is 5.97 Å². The molecule has 1 rings (SSSR count). The molecule has 1 aromatic rings. The smallest absolute Gasteiger partial charge is 0.303 e. The molecule has 1 aromatic carbocycles. The monoisotopic (exact) mass is 689 g/mol. The van der Waals surface area contributed by atoms with E-state index in [0.29, 0.717) is 25.8 Å². The molecule has 13 nitrogen and oxygen atoms in total. The van der Waals surface area contributed by atoms with Crippen LogP contribution in [-0.2, 0) is 35.3 Å². The molecule has 49 heavy (non-hydrogen) atoms. The minimum atomic E-state index is -1.28. The number of carboxylic acids is 1. The molecule has 0 aromatic heterocycles. The summed E-state index contributed by atoms with van der Waals surface area (Å²) in [7, 11) is 0. The summed E-state index contributed by atoms with van der Waals surface area (Å²) in [6.07, 6.45) is 0.0320. The molecular formula is C36H59N5O8. The number of aliphatic hydroxyl groups excluding tert-OH is 1. The van der Waals surface area contributed by atoms with Crippen molar-refractivity contribution in [1.29, 1.82) is 0 Å². The van der Waals surface area contributed by atoms with Gasteiger partial charge in [0.1, 0.15) is 18.1 Å². The summed E-state index contributed by atoms with van der Waals surface area (Å²) < 4.78 is 0. The Balaban J connectivity index is 2.96. The van der Waals surface area contributed by atoms with E-state index in [0.717, 1.165) is 5.56 Å². The first-order valence-electron chi connectivity index (χ1n) is 17.5. The zero-order chi connectivity index (χ0) is 37.1. The summed E-state index contributed by atoms with van der Waals surface area (Å²) in [6, 6.07) is 5.83. The molecule has 6 atom stereocenters. The highest BCUT2D eigenvalue weighted by Crippen LogP contribution is 2.14. The van der Waals surface area contributed by atoms with Gasteiger partial charge in [-0.3, -0.25) is 28.8 Å². The van der Waals surface area contributed by atoms with Crippen LogP contribution in [0.3, 0.4) is 0 Å². The predicted octanol–water partition coefficient (Wildman–Crippen LogP) is 2.80. The van der Waals surface area contributed by atoms with Crippen molar-refractivity contribution < 1.29 is 39.0 Å². The largest absolute Gasteiger partial charge is 0.481 e. The van der Waals surface area contributed by atoms with E-state index in [2.05, 4.69) is 26.6 Å². The topological polar surface area (TPSA) is 203 Å². The van der Waals surface area contributed by atoms with Crippen LogP contribution in [0.1, 0.15) is 105 Å². The maximum Gasteiger partial charge on any atom is 0.303 e. The van der Waals surface area contributed by atoms with Crippen LogP contribution in [-0.4, -0.2) is 76.0 Å². The Kier molecular flexibility index (Phi) is 19.8. The quantitative estimate of drug-likeness (QED) is 0.0909. The lowest BCUT2D eigenvalue weighted by atomic mass is 9.95. The average Bonchev–Trinajstić information content (AvgIpc) is 3.03. The first-order chi connectivity index (χ1) is 23.1. The summed E-state index contributed by atoms with van der Waals surface area (Å²) in [5.41, 5.74) is 0.915. The number of carbonyl (C=O) groups is 6. The third-order valence-corrected chi connectivity index (χ3v) is 8.30. The standard InChI is InChI=1S/C36H59N5O8/c1-8-14-26(38-36(49)33(24(7)9-2)40-29(43)17-13-18-31(45)46)34(47)39-27(19-22(3)4)28(42)20-30(44)41-32(23(5)6)35(48)37-21-25-15-11-10-12-16-25/h10-12,15-16,22-24,26-28,32-33,42H,8-9,13-14,17-21H2,1-7H3,(H,37,48)(H,38,49)(H,39,47)(H,40,43)(H,41,44)(H,45,46)/t24-,26+,27+,28+,32+,33+/m1/s1. The maximum absolute atomic E-state index is 13.6. The van der Waals surface area contributed by atoms with Crippen LogP contribution >= 0.6 is 0 Å². The molecule has 0 aliphatic rings. The minimum Gasteiger partial charge on any atom is -0.481 e. The molecule has 13 heteroatoms. The molecule has 0 unspecified atom stereocenters. The van der Waals surface area contributed by atoms with Crippen molar-refractivity contribution in [1.82, 2.24) is 26.6 Å².